The number of rotatable bonds is 7. The summed E-state index contributed by atoms with van der Waals surface area (Å²) in [5, 5.41) is 22.6. The van der Waals surface area contributed by atoms with E-state index < -0.39 is 22.7 Å². The number of fused-ring (bicyclic) bond motifs is 1. The topological polar surface area (TPSA) is 113 Å². The molecular weight excluding hydrogens is 438 g/mol. The Kier molecular flexibility index (Phi) is 6.39. The third-order valence-corrected chi connectivity index (χ3v) is 6.11. The van der Waals surface area contributed by atoms with E-state index in [-0.39, 0.29) is 29.7 Å². The average Bonchev–Trinajstić information content (AvgIpc) is 3.29. The summed E-state index contributed by atoms with van der Waals surface area (Å²) in [5.74, 6) is -1.10. The van der Waals surface area contributed by atoms with E-state index in [4.69, 9.17) is 4.74 Å². The highest BCUT2D eigenvalue weighted by atomic mass is 16.6. The summed E-state index contributed by atoms with van der Waals surface area (Å²) in [4.78, 5) is 40.4. The molecule has 2 atom stereocenters. The summed E-state index contributed by atoms with van der Waals surface area (Å²) in [6, 6.07) is 10.1. The summed E-state index contributed by atoms with van der Waals surface area (Å²) in [6.45, 7) is 2.90. The highest BCUT2D eigenvalue weighted by Gasteiger charge is 2.46. The quantitative estimate of drug-likeness (QED) is 0.219. The van der Waals surface area contributed by atoms with Gasteiger partial charge in [0, 0.05) is 30.7 Å². The van der Waals surface area contributed by atoms with Crippen molar-refractivity contribution in [2.45, 2.75) is 31.9 Å². The lowest BCUT2D eigenvalue weighted by atomic mass is 9.94. The molecule has 0 spiro atoms. The molecule has 1 amide bonds. The first kappa shape index (κ1) is 23.4. The van der Waals surface area contributed by atoms with Crippen molar-refractivity contribution in [1.29, 1.82) is 0 Å². The monoisotopic (exact) mass is 465 g/mol. The molecule has 0 unspecified atom stereocenters. The Hall–Kier alpha value is -3.72. The highest BCUT2D eigenvalue weighted by Crippen LogP contribution is 2.41. The van der Waals surface area contributed by atoms with Gasteiger partial charge in [-0.1, -0.05) is 12.1 Å². The molecule has 0 saturated carbocycles. The fourth-order valence-electron chi connectivity index (χ4n) is 4.55. The van der Waals surface area contributed by atoms with Gasteiger partial charge in [-0.05, 0) is 63.3 Å². The molecule has 2 heterocycles. The third kappa shape index (κ3) is 4.38. The number of carbonyl (C=O) groups is 2. The fourth-order valence-corrected chi connectivity index (χ4v) is 4.55. The smallest absolute Gasteiger partial charge is 0.295 e. The van der Waals surface area contributed by atoms with Crippen LogP contribution >= 0.6 is 0 Å². The molecule has 0 aliphatic carbocycles. The molecule has 2 aromatic carbocycles. The van der Waals surface area contributed by atoms with Crippen LogP contribution in [0.3, 0.4) is 0 Å². The molecule has 34 heavy (non-hydrogen) atoms. The number of ketones is 1. The number of amides is 1. The van der Waals surface area contributed by atoms with Crippen molar-refractivity contribution in [2.24, 2.45) is 0 Å². The lowest BCUT2D eigenvalue weighted by Crippen LogP contribution is -2.32. The Bertz CT molecular complexity index is 1190. The van der Waals surface area contributed by atoms with Crippen LogP contribution in [-0.2, 0) is 16.0 Å². The van der Waals surface area contributed by atoms with Crippen molar-refractivity contribution in [3.8, 4) is 5.75 Å². The molecule has 9 nitrogen and oxygen atoms in total. The number of aliphatic hydroxyl groups excluding tert-OH is 1. The van der Waals surface area contributed by atoms with Gasteiger partial charge >= 0.3 is 0 Å². The van der Waals surface area contributed by atoms with Crippen LogP contribution in [-0.4, -0.2) is 64.8 Å². The van der Waals surface area contributed by atoms with Crippen LogP contribution in [0.2, 0.25) is 0 Å². The predicted octanol–water partition coefficient (Wildman–Crippen LogP) is 3.29. The van der Waals surface area contributed by atoms with Crippen LogP contribution in [0.1, 0.15) is 36.1 Å². The number of non-ortho nitro benzene ring substituents is 1. The number of benzene rings is 2. The minimum absolute atomic E-state index is 0.0135. The van der Waals surface area contributed by atoms with E-state index in [1.165, 1.54) is 23.1 Å². The summed E-state index contributed by atoms with van der Waals surface area (Å²) in [7, 11) is 3.81. The van der Waals surface area contributed by atoms with Crippen LogP contribution < -0.4 is 4.74 Å². The van der Waals surface area contributed by atoms with E-state index >= 15 is 0 Å². The van der Waals surface area contributed by atoms with Gasteiger partial charge in [0.15, 0.2) is 0 Å². The van der Waals surface area contributed by atoms with Crippen LogP contribution in [0.25, 0.3) is 5.76 Å². The Balaban J connectivity index is 1.81. The van der Waals surface area contributed by atoms with Gasteiger partial charge in [0.05, 0.1) is 16.5 Å². The molecule has 1 N–H and O–H groups in total. The van der Waals surface area contributed by atoms with Crippen molar-refractivity contribution in [2.75, 3.05) is 27.2 Å². The number of hydrogen-bond acceptors (Lipinski definition) is 7. The second-order valence-electron chi connectivity index (χ2n) is 8.96. The van der Waals surface area contributed by atoms with Crippen molar-refractivity contribution in [3.05, 3.63) is 74.8 Å². The lowest BCUT2D eigenvalue weighted by molar-refractivity contribution is -0.384. The Labute approximate surface area is 197 Å². The number of nitrogens with zero attached hydrogens (tertiary/aromatic N) is 3. The second-order valence-corrected chi connectivity index (χ2v) is 8.96. The molecular formula is C25H27N3O6. The summed E-state index contributed by atoms with van der Waals surface area (Å²) < 4.78 is 5.72. The second kappa shape index (κ2) is 9.26. The minimum atomic E-state index is -0.925. The standard InChI is InChI=1S/C25H27N3O6/c1-15-12-18-13-17(8-9-20(18)34-15)23(29)21-22(16-6-4-7-19(14-16)28(32)33)27(25(31)24(21)30)11-5-10-26(2)3/h4,6-9,13-15,22,29H,5,10-12H2,1-3H3/t15-,22-/m0/s1. The first-order valence-corrected chi connectivity index (χ1v) is 11.1. The number of ether oxygens (including phenoxy) is 1. The van der Waals surface area contributed by atoms with Crippen molar-refractivity contribution >= 4 is 23.1 Å². The number of nitro groups is 1. The summed E-state index contributed by atoms with van der Waals surface area (Å²) >= 11 is 0. The SMILES string of the molecule is C[C@H]1Cc2cc(C(O)=C3C(=O)C(=O)N(CCCN(C)C)[C@H]3c3cccc([N+](=O)[O-])c3)ccc2O1. The molecule has 0 aromatic heterocycles. The van der Waals surface area contributed by atoms with E-state index in [9.17, 15) is 24.8 Å². The van der Waals surface area contributed by atoms with Crippen LogP contribution in [0, 0.1) is 10.1 Å². The van der Waals surface area contributed by atoms with Gasteiger partial charge in [-0.25, -0.2) is 0 Å². The number of Topliss-reactive ketones (excluding diaryl/α,β-unsaturated/α-hetero) is 1. The maximum Gasteiger partial charge on any atom is 0.295 e. The van der Waals surface area contributed by atoms with Gasteiger partial charge in [-0.2, -0.15) is 0 Å². The van der Waals surface area contributed by atoms with Gasteiger partial charge in [-0.3, -0.25) is 19.7 Å². The average molecular weight is 466 g/mol. The van der Waals surface area contributed by atoms with Gasteiger partial charge in [0.2, 0.25) is 0 Å². The molecule has 0 bridgehead atoms. The van der Waals surface area contributed by atoms with Crippen LogP contribution in [0.5, 0.6) is 5.75 Å². The third-order valence-electron chi connectivity index (χ3n) is 6.11. The van der Waals surface area contributed by atoms with E-state index in [2.05, 4.69) is 0 Å². The van der Waals surface area contributed by atoms with Gasteiger partial charge in [0.1, 0.15) is 17.6 Å². The van der Waals surface area contributed by atoms with E-state index in [1.807, 2.05) is 25.9 Å². The zero-order valence-electron chi connectivity index (χ0n) is 19.4. The molecule has 2 aromatic rings. The fraction of sp³-hybridized carbons (Fsp3) is 0.360. The predicted molar refractivity (Wildman–Crippen MR) is 126 cm³/mol. The van der Waals surface area contributed by atoms with Crippen LogP contribution in [0.15, 0.2) is 48.0 Å². The van der Waals surface area contributed by atoms with Crippen LogP contribution in [0.4, 0.5) is 5.69 Å². The number of aliphatic hydroxyl groups is 1. The molecule has 9 heteroatoms. The van der Waals surface area contributed by atoms with E-state index in [0.717, 1.165) is 11.3 Å². The molecule has 4 rings (SSSR count). The Morgan fingerprint density at radius 2 is 2.00 bits per heavy atom. The Morgan fingerprint density at radius 1 is 1.24 bits per heavy atom. The molecule has 1 fully saturated rings. The largest absolute Gasteiger partial charge is 0.507 e. The van der Waals surface area contributed by atoms with Crippen molar-refractivity contribution < 1.29 is 24.4 Å². The maximum absolute atomic E-state index is 13.1. The molecule has 0 radical (unpaired) electrons. The first-order valence-electron chi connectivity index (χ1n) is 11.1. The Morgan fingerprint density at radius 3 is 2.71 bits per heavy atom. The minimum Gasteiger partial charge on any atom is -0.507 e. The number of likely N-dealkylation sites (tertiary alicyclic amines) is 1. The van der Waals surface area contributed by atoms with Gasteiger partial charge < -0.3 is 19.6 Å². The molecule has 178 valence electrons. The normalized spacial score (nSPS) is 21.1. The zero-order chi connectivity index (χ0) is 24.6. The summed E-state index contributed by atoms with van der Waals surface area (Å²) in [6.07, 6.45) is 1.28. The number of nitro benzene ring substituents is 1. The van der Waals surface area contributed by atoms with Gasteiger partial charge in [-0.15, -0.1) is 0 Å². The first-order chi connectivity index (χ1) is 16.2. The van der Waals surface area contributed by atoms with Crippen molar-refractivity contribution in [3.63, 3.8) is 0 Å². The van der Waals surface area contributed by atoms with E-state index in [0.29, 0.717) is 30.5 Å². The van der Waals surface area contributed by atoms with Crippen molar-refractivity contribution in [1.82, 2.24) is 9.80 Å². The lowest BCUT2D eigenvalue weighted by Gasteiger charge is -2.25. The molecule has 2 aliphatic rings. The number of hydrogen-bond donors (Lipinski definition) is 1. The van der Waals surface area contributed by atoms with E-state index in [1.54, 1.807) is 24.3 Å². The molecule has 1 saturated heterocycles. The maximum atomic E-state index is 13.1. The zero-order valence-corrected chi connectivity index (χ0v) is 19.4. The molecule has 2 aliphatic heterocycles. The number of carbonyl (C=O) groups excluding carboxylic acids is 2. The van der Waals surface area contributed by atoms with Gasteiger partial charge in [0.25, 0.3) is 17.4 Å². The summed E-state index contributed by atoms with van der Waals surface area (Å²) in [5.41, 5.74) is 1.49. The highest BCUT2D eigenvalue weighted by molar-refractivity contribution is 6.46.